The number of amides is 1. The Kier molecular flexibility index (Phi) is 5.76. The van der Waals surface area contributed by atoms with Crippen molar-refractivity contribution in [1.29, 1.82) is 0 Å². The van der Waals surface area contributed by atoms with Crippen LogP contribution in [0.5, 0.6) is 0 Å². The summed E-state index contributed by atoms with van der Waals surface area (Å²) in [6.45, 7) is 1.80. The summed E-state index contributed by atoms with van der Waals surface area (Å²) >= 11 is 0. The van der Waals surface area contributed by atoms with E-state index in [9.17, 15) is 4.79 Å². The molecule has 1 saturated heterocycles. The van der Waals surface area contributed by atoms with Crippen molar-refractivity contribution >= 4 is 11.6 Å². The number of likely N-dealkylation sites (tertiary alicyclic amines) is 1. The Hall–Kier alpha value is -2.29. The van der Waals surface area contributed by atoms with Gasteiger partial charge in [-0.05, 0) is 73.9 Å². The maximum atomic E-state index is 12.7. The Labute approximate surface area is 162 Å². The van der Waals surface area contributed by atoms with Gasteiger partial charge in [-0.25, -0.2) is 0 Å². The van der Waals surface area contributed by atoms with Crippen molar-refractivity contribution in [3.63, 3.8) is 0 Å². The molecule has 0 atom stereocenters. The Morgan fingerprint density at radius 3 is 2.37 bits per heavy atom. The van der Waals surface area contributed by atoms with Gasteiger partial charge in [0, 0.05) is 30.4 Å². The van der Waals surface area contributed by atoms with E-state index in [1.165, 1.54) is 48.9 Å². The third-order valence-electron chi connectivity index (χ3n) is 5.91. The highest BCUT2D eigenvalue weighted by Crippen LogP contribution is 2.23. The third kappa shape index (κ3) is 4.71. The average molecular weight is 363 g/mol. The van der Waals surface area contributed by atoms with E-state index in [1.54, 1.807) is 0 Å². The van der Waals surface area contributed by atoms with E-state index < -0.39 is 0 Å². The van der Waals surface area contributed by atoms with Crippen LogP contribution in [0.1, 0.15) is 66.4 Å². The molecule has 2 aliphatic rings. The molecular weight excluding hydrogens is 332 g/mol. The normalized spacial score (nSPS) is 17.9. The molecule has 0 bridgehead atoms. The van der Waals surface area contributed by atoms with Crippen molar-refractivity contribution in [2.45, 2.75) is 57.4 Å². The number of benzene rings is 2. The summed E-state index contributed by atoms with van der Waals surface area (Å²) < 4.78 is 0. The molecule has 0 aromatic heterocycles. The maximum absolute atomic E-state index is 12.7. The lowest BCUT2D eigenvalue weighted by Gasteiger charge is -2.26. The summed E-state index contributed by atoms with van der Waals surface area (Å²) in [5.41, 5.74) is 4.54. The van der Waals surface area contributed by atoms with Crippen molar-refractivity contribution in [3.8, 4) is 0 Å². The summed E-state index contributed by atoms with van der Waals surface area (Å²) in [6, 6.07) is 17.6. The van der Waals surface area contributed by atoms with Gasteiger partial charge < -0.3 is 10.2 Å². The smallest absolute Gasteiger partial charge is 0.253 e. The van der Waals surface area contributed by atoms with E-state index in [-0.39, 0.29) is 5.91 Å². The highest BCUT2D eigenvalue weighted by atomic mass is 16.2. The van der Waals surface area contributed by atoms with Crippen LogP contribution in [0.4, 0.5) is 5.69 Å². The van der Waals surface area contributed by atoms with Crippen LogP contribution in [0.2, 0.25) is 0 Å². The molecule has 3 nitrogen and oxygen atoms in total. The van der Waals surface area contributed by atoms with E-state index in [0.717, 1.165) is 37.9 Å². The molecular formula is C24H30N2O. The summed E-state index contributed by atoms with van der Waals surface area (Å²) in [6.07, 6.45) is 9.66. The fraction of sp³-hybridized carbons (Fsp3) is 0.458. The standard InChI is InChI=1S/C24H30N2O/c27-24(26-15-4-1-5-16-26)21-8-6-7-20(18-21)17-19-11-13-23(14-12-19)25-22-9-2-3-10-22/h6-8,11-14,18,22,25H,1-5,9-10,15-17H2. The van der Waals surface area contributed by atoms with E-state index in [4.69, 9.17) is 0 Å². The number of piperidine rings is 1. The van der Waals surface area contributed by atoms with Crippen molar-refractivity contribution in [1.82, 2.24) is 4.90 Å². The van der Waals surface area contributed by atoms with Crippen LogP contribution in [-0.4, -0.2) is 29.9 Å². The number of hydrogen-bond acceptors (Lipinski definition) is 2. The third-order valence-corrected chi connectivity index (χ3v) is 5.91. The molecule has 1 aliphatic carbocycles. The molecule has 4 rings (SSSR count). The summed E-state index contributed by atoms with van der Waals surface area (Å²) in [5.74, 6) is 0.188. The first-order valence-electron chi connectivity index (χ1n) is 10.5. The molecule has 3 heteroatoms. The second kappa shape index (κ2) is 8.60. The second-order valence-corrected chi connectivity index (χ2v) is 8.05. The van der Waals surface area contributed by atoms with Gasteiger partial charge in [0.15, 0.2) is 0 Å². The Morgan fingerprint density at radius 1 is 0.889 bits per heavy atom. The number of nitrogens with zero attached hydrogens (tertiary/aromatic N) is 1. The molecule has 1 N–H and O–H groups in total. The van der Waals surface area contributed by atoms with Crippen molar-refractivity contribution < 1.29 is 4.79 Å². The maximum Gasteiger partial charge on any atom is 0.253 e. The highest BCUT2D eigenvalue weighted by molar-refractivity contribution is 5.94. The zero-order valence-electron chi connectivity index (χ0n) is 16.1. The summed E-state index contributed by atoms with van der Waals surface area (Å²) in [4.78, 5) is 14.7. The Bertz CT molecular complexity index is 756. The largest absolute Gasteiger partial charge is 0.382 e. The average Bonchev–Trinajstić information content (AvgIpc) is 3.23. The monoisotopic (exact) mass is 362 g/mol. The zero-order chi connectivity index (χ0) is 18.5. The minimum Gasteiger partial charge on any atom is -0.382 e. The molecule has 142 valence electrons. The molecule has 27 heavy (non-hydrogen) atoms. The van der Waals surface area contributed by atoms with Gasteiger partial charge in [0.25, 0.3) is 5.91 Å². The highest BCUT2D eigenvalue weighted by Gasteiger charge is 2.18. The minimum atomic E-state index is 0.188. The SMILES string of the molecule is O=C(c1cccc(Cc2ccc(NC3CCCC3)cc2)c1)N1CCCCC1. The summed E-state index contributed by atoms with van der Waals surface area (Å²) in [5, 5.41) is 3.64. The lowest BCUT2D eigenvalue weighted by atomic mass is 10.0. The fourth-order valence-corrected chi connectivity index (χ4v) is 4.35. The van der Waals surface area contributed by atoms with Crippen molar-refractivity contribution in [2.75, 3.05) is 18.4 Å². The van der Waals surface area contributed by atoms with Crippen LogP contribution in [-0.2, 0) is 6.42 Å². The molecule has 1 aliphatic heterocycles. The zero-order valence-corrected chi connectivity index (χ0v) is 16.1. The Balaban J connectivity index is 1.39. The number of carbonyl (C=O) groups excluding carboxylic acids is 1. The molecule has 2 aromatic rings. The number of nitrogens with one attached hydrogen (secondary N) is 1. The van der Waals surface area contributed by atoms with E-state index in [2.05, 4.69) is 41.7 Å². The van der Waals surface area contributed by atoms with Gasteiger partial charge in [0.1, 0.15) is 0 Å². The first-order chi connectivity index (χ1) is 13.3. The fourth-order valence-electron chi connectivity index (χ4n) is 4.35. The first-order valence-corrected chi connectivity index (χ1v) is 10.5. The van der Waals surface area contributed by atoms with Gasteiger partial charge in [-0.2, -0.15) is 0 Å². The van der Waals surface area contributed by atoms with E-state index in [1.807, 2.05) is 17.0 Å². The molecule has 2 aromatic carbocycles. The molecule has 0 radical (unpaired) electrons. The van der Waals surface area contributed by atoms with Gasteiger partial charge in [0.2, 0.25) is 0 Å². The van der Waals surface area contributed by atoms with Gasteiger partial charge in [0.05, 0.1) is 0 Å². The van der Waals surface area contributed by atoms with Crippen LogP contribution in [0.15, 0.2) is 48.5 Å². The molecule has 0 spiro atoms. The van der Waals surface area contributed by atoms with Crippen LogP contribution < -0.4 is 5.32 Å². The molecule has 1 saturated carbocycles. The number of hydrogen-bond donors (Lipinski definition) is 1. The van der Waals surface area contributed by atoms with Gasteiger partial charge in [-0.3, -0.25) is 4.79 Å². The van der Waals surface area contributed by atoms with Crippen molar-refractivity contribution in [3.05, 3.63) is 65.2 Å². The molecule has 1 amide bonds. The lowest BCUT2D eigenvalue weighted by molar-refractivity contribution is 0.0724. The number of anilines is 1. The predicted octanol–water partition coefficient (Wildman–Crippen LogP) is 5.26. The van der Waals surface area contributed by atoms with E-state index in [0.29, 0.717) is 6.04 Å². The van der Waals surface area contributed by atoms with Crippen LogP contribution in [0.25, 0.3) is 0 Å². The topological polar surface area (TPSA) is 32.3 Å². The van der Waals surface area contributed by atoms with Crippen molar-refractivity contribution in [2.24, 2.45) is 0 Å². The predicted molar refractivity (Wildman–Crippen MR) is 111 cm³/mol. The second-order valence-electron chi connectivity index (χ2n) is 8.05. The quantitative estimate of drug-likeness (QED) is 0.787. The van der Waals surface area contributed by atoms with Crippen LogP contribution >= 0.6 is 0 Å². The minimum absolute atomic E-state index is 0.188. The van der Waals surface area contributed by atoms with Gasteiger partial charge in [-0.15, -0.1) is 0 Å². The molecule has 2 fully saturated rings. The van der Waals surface area contributed by atoms with Gasteiger partial charge >= 0.3 is 0 Å². The Morgan fingerprint density at radius 2 is 1.63 bits per heavy atom. The van der Waals surface area contributed by atoms with Gasteiger partial charge in [-0.1, -0.05) is 37.1 Å². The first kappa shape index (κ1) is 18.1. The lowest BCUT2D eigenvalue weighted by Crippen LogP contribution is -2.35. The summed E-state index contributed by atoms with van der Waals surface area (Å²) in [7, 11) is 0. The number of rotatable bonds is 5. The number of carbonyl (C=O) groups is 1. The molecule has 0 unspecified atom stereocenters. The molecule has 1 heterocycles. The van der Waals surface area contributed by atoms with E-state index >= 15 is 0 Å². The van der Waals surface area contributed by atoms with Crippen LogP contribution in [0.3, 0.4) is 0 Å². The van der Waals surface area contributed by atoms with Crippen LogP contribution in [0, 0.1) is 0 Å².